The summed E-state index contributed by atoms with van der Waals surface area (Å²) in [7, 11) is 0. The molecule has 1 unspecified atom stereocenters. The van der Waals surface area contributed by atoms with Crippen molar-refractivity contribution in [2.45, 2.75) is 51.2 Å². The molecule has 2 aliphatic rings. The van der Waals surface area contributed by atoms with Crippen LogP contribution in [0.2, 0.25) is 5.02 Å². The van der Waals surface area contributed by atoms with Gasteiger partial charge in [-0.1, -0.05) is 35.9 Å². The smallest absolute Gasteiger partial charge is 0.247 e. The third-order valence-corrected chi connectivity index (χ3v) is 4.75. The van der Waals surface area contributed by atoms with E-state index in [-0.39, 0.29) is 29.3 Å². The van der Waals surface area contributed by atoms with Gasteiger partial charge in [0.25, 0.3) is 0 Å². The summed E-state index contributed by atoms with van der Waals surface area (Å²) >= 11 is 6.12. The molecule has 1 fully saturated rings. The summed E-state index contributed by atoms with van der Waals surface area (Å²) in [4.78, 5) is 27.3. The van der Waals surface area contributed by atoms with Crippen molar-refractivity contribution >= 4 is 23.4 Å². The number of β-lactam (4-membered cyclic amide) rings is 1. The number of rotatable bonds is 3. The van der Waals surface area contributed by atoms with Crippen LogP contribution in [0.5, 0.6) is 0 Å². The summed E-state index contributed by atoms with van der Waals surface area (Å²) in [5.41, 5.74) is 0.388. The van der Waals surface area contributed by atoms with Gasteiger partial charge in [-0.2, -0.15) is 0 Å². The van der Waals surface area contributed by atoms with E-state index in [1.807, 2.05) is 32.9 Å². The monoisotopic (exact) mass is 346 g/mol. The van der Waals surface area contributed by atoms with Crippen molar-refractivity contribution in [2.24, 2.45) is 5.92 Å². The minimum Gasteiger partial charge on any atom is -0.349 e. The third kappa shape index (κ3) is 3.20. The Morgan fingerprint density at radius 3 is 2.67 bits per heavy atom. The van der Waals surface area contributed by atoms with E-state index in [4.69, 9.17) is 11.6 Å². The van der Waals surface area contributed by atoms with Crippen LogP contribution < -0.4 is 5.32 Å². The fourth-order valence-corrected chi connectivity index (χ4v) is 3.72. The van der Waals surface area contributed by atoms with Crippen molar-refractivity contribution in [1.29, 1.82) is 0 Å². The molecule has 1 aliphatic heterocycles. The first-order valence-corrected chi connectivity index (χ1v) is 8.70. The zero-order valence-corrected chi connectivity index (χ0v) is 15.0. The van der Waals surface area contributed by atoms with Crippen LogP contribution in [0.25, 0.3) is 0 Å². The number of fused-ring (bicyclic) bond motifs is 1. The number of halogens is 1. The number of carbonyl (C=O) groups excluding carboxylic acids is 2. The molecule has 128 valence electrons. The highest BCUT2D eigenvalue weighted by Crippen LogP contribution is 2.42. The van der Waals surface area contributed by atoms with E-state index in [9.17, 15) is 9.59 Å². The average Bonchev–Trinajstić information content (AvgIpc) is 2.50. The minimum absolute atomic E-state index is 0.0131. The maximum absolute atomic E-state index is 13.0. The Morgan fingerprint density at radius 2 is 2.00 bits per heavy atom. The Balaban J connectivity index is 1.95. The Labute approximate surface area is 147 Å². The zero-order valence-electron chi connectivity index (χ0n) is 14.3. The van der Waals surface area contributed by atoms with Crippen molar-refractivity contribution in [3.63, 3.8) is 0 Å². The van der Waals surface area contributed by atoms with Crippen LogP contribution in [0, 0.1) is 5.92 Å². The molecule has 1 aromatic carbocycles. The molecule has 0 spiro atoms. The molecule has 5 heteroatoms. The second-order valence-corrected chi connectivity index (χ2v) is 8.00. The average molecular weight is 347 g/mol. The first kappa shape index (κ1) is 17.0. The normalized spacial score (nSPS) is 24.2. The van der Waals surface area contributed by atoms with E-state index < -0.39 is 6.04 Å². The number of hydrogen-bond acceptors (Lipinski definition) is 2. The summed E-state index contributed by atoms with van der Waals surface area (Å²) < 4.78 is 0. The van der Waals surface area contributed by atoms with Crippen LogP contribution in [0.15, 0.2) is 36.4 Å². The van der Waals surface area contributed by atoms with Crippen LogP contribution >= 0.6 is 11.6 Å². The number of nitrogens with zero attached hydrogens (tertiary/aromatic N) is 1. The summed E-state index contributed by atoms with van der Waals surface area (Å²) in [6.45, 7) is 5.80. The highest BCUT2D eigenvalue weighted by Gasteiger charge is 2.52. The predicted octanol–water partition coefficient (Wildman–Crippen LogP) is 3.47. The summed E-state index contributed by atoms with van der Waals surface area (Å²) in [6, 6.07) is 6.68. The molecular weight excluding hydrogens is 324 g/mol. The molecule has 4 nitrogen and oxygen atoms in total. The summed E-state index contributed by atoms with van der Waals surface area (Å²) in [5, 5.41) is 3.57. The van der Waals surface area contributed by atoms with Gasteiger partial charge in [0, 0.05) is 16.6 Å². The van der Waals surface area contributed by atoms with Gasteiger partial charge in [0.2, 0.25) is 11.8 Å². The van der Waals surface area contributed by atoms with E-state index in [1.54, 1.807) is 17.0 Å². The van der Waals surface area contributed by atoms with Crippen LogP contribution in [-0.2, 0) is 9.59 Å². The van der Waals surface area contributed by atoms with Crippen molar-refractivity contribution in [3.05, 3.63) is 47.0 Å². The van der Waals surface area contributed by atoms with Gasteiger partial charge < -0.3 is 10.2 Å². The molecule has 0 aromatic heterocycles. The lowest BCUT2D eigenvalue weighted by Gasteiger charge is -2.51. The lowest BCUT2D eigenvalue weighted by atomic mass is 9.77. The molecule has 0 radical (unpaired) electrons. The summed E-state index contributed by atoms with van der Waals surface area (Å²) in [6.07, 6.45) is 5.72. The van der Waals surface area contributed by atoms with E-state index in [2.05, 4.69) is 17.5 Å². The first-order valence-electron chi connectivity index (χ1n) is 8.32. The molecule has 1 heterocycles. The molecule has 1 aromatic rings. The van der Waals surface area contributed by atoms with Gasteiger partial charge in [0.05, 0.1) is 5.92 Å². The van der Waals surface area contributed by atoms with Gasteiger partial charge in [-0.25, -0.2) is 0 Å². The molecule has 0 saturated carbocycles. The first-order chi connectivity index (χ1) is 11.3. The van der Waals surface area contributed by atoms with Crippen molar-refractivity contribution in [1.82, 2.24) is 10.2 Å². The fourth-order valence-electron chi connectivity index (χ4n) is 3.52. The molecule has 1 N–H and O–H groups in total. The predicted molar refractivity (Wildman–Crippen MR) is 94.6 cm³/mol. The van der Waals surface area contributed by atoms with Gasteiger partial charge in [-0.3, -0.25) is 9.59 Å². The third-order valence-electron chi connectivity index (χ3n) is 4.52. The maximum atomic E-state index is 13.0. The van der Waals surface area contributed by atoms with Crippen molar-refractivity contribution in [2.75, 3.05) is 0 Å². The van der Waals surface area contributed by atoms with E-state index in [0.717, 1.165) is 18.4 Å². The number of hydrogen-bond donors (Lipinski definition) is 1. The molecule has 1 saturated heterocycles. The van der Waals surface area contributed by atoms with Crippen molar-refractivity contribution < 1.29 is 9.59 Å². The standard InChI is InChI=1S/C19H23ClN2O2/c1-19(2,3)21-17(23)16(12-7-6-8-13(20)11-12)22-15-10-5-4-9-14(15)18(22)24/h4-8,11,14-16H,9-10H2,1-3H3,(H,21,23)/t14-,15+,16?/m1/s1. The SMILES string of the molecule is CC(C)(C)NC(=O)C(c1cccc(Cl)c1)N1C(=O)[C@@H]2CC=CC[C@@H]21. The second-order valence-electron chi connectivity index (χ2n) is 7.56. The molecule has 3 atom stereocenters. The van der Waals surface area contributed by atoms with Crippen LogP contribution in [0.3, 0.4) is 0 Å². The number of benzene rings is 1. The Morgan fingerprint density at radius 1 is 1.29 bits per heavy atom. The Bertz CT molecular complexity index is 693. The highest BCUT2D eigenvalue weighted by molar-refractivity contribution is 6.30. The van der Waals surface area contributed by atoms with Gasteiger partial charge in [0.1, 0.15) is 6.04 Å². The minimum atomic E-state index is -0.636. The van der Waals surface area contributed by atoms with E-state index in [1.165, 1.54) is 0 Å². The molecular formula is C19H23ClN2O2. The Hall–Kier alpha value is -1.81. The summed E-state index contributed by atoms with van der Waals surface area (Å²) in [5.74, 6) is -0.0939. The van der Waals surface area contributed by atoms with Gasteiger partial charge in [0.15, 0.2) is 0 Å². The van der Waals surface area contributed by atoms with Gasteiger partial charge in [-0.05, 0) is 51.3 Å². The van der Waals surface area contributed by atoms with Gasteiger partial charge in [-0.15, -0.1) is 0 Å². The molecule has 24 heavy (non-hydrogen) atoms. The molecule has 2 amide bonds. The largest absolute Gasteiger partial charge is 0.349 e. The maximum Gasteiger partial charge on any atom is 0.247 e. The zero-order chi connectivity index (χ0) is 17.5. The number of nitrogens with one attached hydrogen (secondary N) is 1. The van der Waals surface area contributed by atoms with Crippen molar-refractivity contribution in [3.8, 4) is 0 Å². The topological polar surface area (TPSA) is 49.4 Å². The Kier molecular flexibility index (Phi) is 4.43. The number of carbonyl (C=O) groups is 2. The van der Waals surface area contributed by atoms with E-state index in [0.29, 0.717) is 5.02 Å². The van der Waals surface area contributed by atoms with Gasteiger partial charge >= 0.3 is 0 Å². The number of amides is 2. The second kappa shape index (κ2) is 6.25. The lowest BCUT2D eigenvalue weighted by Crippen LogP contribution is -2.64. The lowest BCUT2D eigenvalue weighted by molar-refractivity contribution is -0.165. The highest BCUT2D eigenvalue weighted by atomic mass is 35.5. The molecule has 0 bridgehead atoms. The number of likely N-dealkylation sites (tertiary alicyclic amines) is 1. The fraction of sp³-hybridized carbons (Fsp3) is 0.474. The van der Waals surface area contributed by atoms with Crippen LogP contribution in [-0.4, -0.2) is 28.3 Å². The quantitative estimate of drug-likeness (QED) is 0.673. The number of allylic oxidation sites excluding steroid dienone is 1. The van der Waals surface area contributed by atoms with E-state index >= 15 is 0 Å². The van der Waals surface area contributed by atoms with Crippen LogP contribution in [0.4, 0.5) is 0 Å². The molecule has 3 rings (SSSR count). The van der Waals surface area contributed by atoms with Crippen LogP contribution in [0.1, 0.15) is 45.2 Å². The molecule has 1 aliphatic carbocycles.